The van der Waals surface area contributed by atoms with E-state index in [1.807, 2.05) is 26.0 Å². The molecule has 1 aromatic heterocycles. The van der Waals surface area contributed by atoms with Crippen LogP contribution in [0, 0.1) is 13.8 Å². The van der Waals surface area contributed by atoms with Crippen molar-refractivity contribution >= 4 is 27.0 Å². The molecule has 0 saturated carbocycles. The van der Waals surface area contributed by atoms with Crippen molar-refractivity contribution in [2.75, 3.05) is 12.8 Å². The molecule has 0 spiro atoms. The third-order valence-corrected chi connectivity index (χ3v) is 6.92. The topological polar surface area (TPSA) is 63.4 Å². The third kappa shape index (κ3) is 2.97. The van der Waals surface area contributed by atoms with Crippen molar-refractivity contribution in [1.82, 2.24) is 4.31 Å². The van der Waals surface area contributed by atoms with Gasteiger partial charge in [-0.2, -0.15) is 4.31 Å². The molecule has 2 N–H and O–H groups in total. The summed E-state index contributed by atoms with van der Waals surface area (Å²) in [7, 11) is -2.03. The Hall–Kier alpha value is -1.37. The minimum Gasteiger partial charge on any atom is -0.398 e. The van der Waals surface area contributed by atoms with Crippen LogP contribution in [0.15, 0.2) is 35.2 Å². The van der Waals surface area contributed by atoms with Crippen LogP contribution < -0.4 is 5.73 Å². The molecule has 0 bridgehead atoms. The molecule has 2 rings (SSSR count). The van der Waals surface area contributed by atoms with Crippen molar-refractivity contribution in [3.8, 4) is 0 Å². The van der Waals surface area contributed by atoms with Crippen LogP contribution in [0.4, 0.5) is 5.69 Å². The second kappa shape index (κ2) is 5.79. The predicted octanol–water partition coefficient (Wildman–Crippen LogP) is 3.33. The summed E-state index contributed by atoms with van der Waals surface area (Å²) in [5.41, 5.74) is 6.84. The molecule has 0 radical (unpaired) electrons. The Morgan fingerprint density at radius 3 is 2.38 bits per heavy atom. The van der Waals surface area contributed by atoms with Gasteiger partial charge in [0, 0.05) is 16.8 Å². The largest absolute Gasteiger partial charge is 0.398 e. The highest BCUT2D eigenvalue weighted by atomic mass is 32.2. The number of hydrogen-bond acceptors (Lipinski definition) is 4. The van der Waals surface area contributed by atoms with Gasteiger partial charge in [-0.05, 0) is 44.5 Å². The fourth-order valence-electron chi connectivity index (χ4n) is 2.24. The van der Waals surface area contributed by atoms with Crippen molar-refractivity contribution in [2.45, 2.75) is 31.7 Å². The first-order chi connectivity index (χ1) is 9.75. The first-order valence-electron chi connectivity index (χ1n) is 6.64. The van der Waals surface area contributed by atoms with E-state index < -0.39 is 10.0 Å². The zero-order chi connectivity index (χ0) is 15.8. The molecule has 0 aliphatic rings. The van der Waals surface area contributed by atoms with E-state index in [1.165, 1.54) is 4.31 Å². The first kappa shape index (κ1) is 16.0. The second-order valence-corrected chi connectivity index (χ2v) is 8.39. The molecule has 2 aromatic rings. The number of thiophene rings is 1. The third-order valence-electron chi connectivity index (χ3n) is 3.60. The highest BCUT2D eigenvalue weighted by molar-refractivity contribution is 7.89. The van der Waals surface area contributed by atoms with Crippen molar-refractivity contribution in [1.29, 1.82) is 0 Å². The minimum absolute atomic E-state index is 0.202. The summed E-state index contributed by atoms with van der Waals surface area (Å²) in [6, 6.07) is 8.88. The Labute approximate surface area is 130 Å². The van der Waals surface area contributed by atoms with Gasteiger partial charge in [-0.15, -0.1) is 11.3 Å². The van der Waals surface area contributed by atoms with E-state index in [9.17, 15) is 8.42 Å². The molecule has 6 heteroatoms. The SMILES string of the molecule is Cc1ccc(C(C)N(C)S(=O)(=O)c2c(C)cccc2N)s1. The van der Waals surface area contributed by atoms with E-state index in [0.29, 0.717) is 5.56 Å². The molecule has 0 aliphatic heterocycles. The Bertz CT molecular complexity index is 731. The quantitative estimate of drug-likeness (QED) is 0.877. The summed E-state index contributed by atoms with van der Waals surface area (Å²) in [5, 5.41) is 0. The number of benzene rings is 1. The van der Waals surface area contributed by atoms with Crippen LogP contribution in [-0.2, 0) is 10.0 Å². The Morgan fingerprint density at radius 2 is 1.86 bits per heavy atom. The molecule has 1 heterocycles. The highest BCUT2D eigenvalue weighted by Gasteiger charge is 2.29. The number of nitrogens with two attached hydrogens (primary N) is 1. The number of nitrogens with zero attached hydrogens (tertiary/aromatic N) is 1. The van der Waals surface area contributed by atoms with Gasteiger partial charge in [-0.1, -0.05) is 12.1 Å². The maximum Gasteiger partial charge on any atom is 0.245 e. The molecular weight excluding hydrogens is 304 g/mol. The molecule has 1 unspecified atom stereocenters. The van der Waals surface area contributed by atoms with E-state index in [2.05, 4.69) is 0 Å². The smallest absolute Gasteiger partial charge is 0.245 e. The van der Waals surface area contributed by atoms with Gasteiger partial charge in [-0.25, -0.2) is 8.42 Å². The Morgan fingerprint density at radius 1 is 1.19 bits per heavy atom. The molecule has 21 heavy (non-hydrogen) atoms. The van der Waals surface area contributed by atoms with Crippen LogP contribution in [0.2, 0.25) is 0 Å². The molecule has 1 aromatic carbocycles. The van der Waals surface area contributed by atoms with Gasteiger partial charge in [0.1, 0.15) is 4.90 Å². The van der Waals surface area contributed by atoms with E-state index in [0.717, 1.165) is 9.75 Å². The Kier molecular flexibility index (Phi) is 4.41. The van der Waals surface area contributed by atoms with E-state index in [1.54, 1.807) is 43.5 Å². The standard InChI is InChI=1S/C15H20N2O2S2/c1-10-6-5-7-13(16)15(10)21(18,19)17(4)12(3)14-9-8-11(2)20-14/h5-9,12H,16H2,1-4H3. The van der Waals surface area contributed by atoms with Gasteiger partial charge in [0.05, 0.1) is 11.7 Å². The average Bonchev–Trinajstić information content (AvgIpc) is 2.83. The fraction of sp³-hybridized carbons (Fsp3) is 0.333. The molecular formula is C15H20N2O2S2. The van der Waals surface area contributed by atoms with E-state index >= 15 is 0 Å². The summed E-state index contributed by atoms with van der Waals surface area (Å²) in [6.07, 6.45) is 0. The number of anilines is 1. The van der Waals surface area contributed by atoms with Crippen molar-refractivity contribution < 1.29 is 8.42 Å². The highest BCUT2D eigenvalue weighted by Crippen LogP contribution is 2.33. The van der Waals surface area contributed by atoms with Crippen molar-refractivity contribution in [2.24, 2.45) is 0 Å². The lowest BCUT2D eigenvalue weighted by molar-refractivity contribution is 0.403. The van der Waals surface area contributed by atoms with Gasteiger partial charge in [-0.3, -0.25) is 0 Å². The first-order valence-corrected chi connectivity index (χ1v) is 8.90. The van der Waals surface area contributed by atoms with E-state index in [4.69, 9.17) is 5.73 Å². The lowest BCUT2D eigenvalue weighted by Crippen LogP contribution is -2.30. The van der Waals surface area contributed by atoms with Gasteiger partial charge in [0.15, 0.2) is 0 Å². The van der Waals surface area contributed by atoms with Crippen LogP contribution in [0.1, 0.15) is 28.3 Å². The molecule has 0 fully saturated rings. The molecule has 114 valence electrons. The second-order valence-electron chi connectivity index (χ2n) is 5.14. The van der Waals surface area contributed by atoms with Gasteiger partial charge in [0.25, 0.3) is 0 Å². The molecule has 4 nitrogen and oxygen atoms in total. The van der Waals surface area contributed by atoms with Crippen LogP contribution in [0.5, 0.6) is 0 Å². The van der Waals surface area contributed by atoms with Crippen molar-refractivity contribution in [3.05, 3.63) is 45.6 Å². The number of rotatable bonds is 4. The number of hydrogen-bond donors (Lipinski definition) is 1. The number of sulfonamides is 1. The van der Waals surface area contributed by atoms with Crippen molar-refractivity contribution in [3.63, 3.8) is 0 Å². The Balaban J connectivity index is 2.44. The monoisotopic (exact) mass is 324 g/mol. The number of aryl methyl sites for hydroxylation is 2. The maximum absolute atomic E-state index is 12.8. The average molecular weight is 324 g/mol. The number of nitrogen functional groups attached to an aromatic ring is 1. The maximum atomic E-state index is 12.8. The van der Waals surface area contributed by atoms with Gasteiger partial charge in [0.2, 0.25) is 10.0 Å². The van der Waals surface area contributed by atoms with Crippen LogP contribution >= 0.6 is 11.3 Å². The zero-order valence-corrected chi connectivity index (χ0v) is 14.3. The lowest BCUT2D eigenvalue weighted by atomic mass is 10.2. The van der Waals surface area contributed by atoms with Crippen LogP contribution in [0.25, 0.3) is 0 Å². The fourth-order valence-corrected chi connectivity index (χ4v) is 4.93. The summed E-state index contributed by atoms with van der Waals surface area (Å²) in [4.78, 5) is 2.39. The minimum atomic E-state index is -3.62. The molecule has 1 atom stereocenters. The molecule has 0 amide bonds. The lowest BCUT2D eigenvalue weighted by Gasteiger charge is -2.25. The van der Waals surface area contributed by atoms with Gasteiger partial charge < -0.3 is 5.73 Å². The summed E-state index contributed by atoms with van der Waals surface area (Å²) >= 11 is 1.61. The molecule has 0 saturated heterocycles. The summed E-state index contributed by atoms with van der Waals surface area (Å²) < 4.78 is 27.1. The summed E-state index contributed by atoms with van der Waals surface area (Å²) in [6.45, 7) is 5.66. The predicted molar refractivity (Wildman–Crippen MR) is 88.0 cm³/mol. The van der Waals surface area contributed by atoms with Gasteiger partial charge >= 0.3 is 0 Å². The normalized spacial score (nSPS) is 13.6. The van der Waals surface area contributed by atoms with Crippen LogP contribution in [0.3, 0.4) is 0 Å². The molecule has 0 aliphatic carbocycles. The zero-order valence-electron chi connectivity index (χ0n) is 12.6. The van der Waals surface area contributed by atoms with E-state index in [-0.39, 0.29) is 16.6 Å². The summed E-state index contributed by atoms with van der Waals surface area (Å²) in [5.74, 6) is 0. The van der Waals surface area contributed by atoms with Crippen LogP contribution in [-0.4, -0.2) is 19.8 Å².